The van der Waals surface area contributed by atoms with Crippen molar-refractivity contribution in [3.63, 3.8) is 0 Å². The Morgan fingerprint density at radius 2 is 1.73 bits per heavy atom. The highest BCUT2D eigenvalue weighted by Gasteiger charge is 2.12. The summed E-state index contributed by atoms with van der Waals surface area (Å²) < 4.78 is 1.99. The zero-order valence-corrected chi connectivity index (χ0v) is 11.6. The number of nitrogen functional groups attached to an aromatic ring is 1. The van der Waals surface area contributed by atoms with Gasteiger partial charge in [-0.3, -0.25) is 9.97 Å². The molecule has 2 N–H and O–H groups in total. The van der Waals surface area contributed by atoms with Gasteiger partial charge < -0.3 is 10.3 Å². The molecule has 0 fully saturated rings. The van der Waals surface area contributed by atoms with Gasteiger partial charge in [-0.25, -0.2) is 4.98 Å². The lowest BCUT2D eigenvalue weighted by Gasteiger charge is -2.03. The average Bonchev–Trinajstić information content (AvgIpc) is 2.95. The zero-order valence-electron chi connectivity index (χ0n) is 11.6. The summed E-state index contributed by atoms with van der Waals surface area (Å²) in [6, 6.07) is 7.73. The number of hydrogen-bond acceptors (Lipinski definition) is 5. The Bertz CT molecular complexity index is 945. The van der Waals surface area contributed by atoms with E-state index in [1.165, 1.54) is 0 Å². The van der Waals surface area contributed by atoms with Crippen LogP contribution in [0.15, 0.2) is 61.4 Å². The molecule has 0 atom stereocenters. The normalized spacial score (nSPS) is 10.9. The van der Waals surface area contributed by atoms with Gasteiger partial charge in [-0.1, -0.05) is 0 Å². The third-order valence-corrected chi connectivity index (χ3v) is 3.50. The molecule has 0 spiro atoms. The SMILES string of the molecule is Nc1nccc(-n2cc(-c3ccncc3)c3cnccc32)n1. The lowest BCUT2D eigenvalue weighted by atomic mass is 10.1. The van der Waals surface area contributed by atoms with Crippen molar-refractivity contribution in [1.82, 2.24) is 24.5 Å². The molecule has 0 aliphatic carbocycles. The van der Waals surface area contributed by atoms with Crippen LogP contribution in [0.25, 0.3) is 27.8 Å². The van der Waals surface area contributed by atoms with Gasteiger partial charge in [0.1, 0.15) is 5.82 Å². The summed E-state index contributed by atoms with van der Waals surface area (Å²) in [5, 5.41) is 1.05. The van der Waals surface area contributed by atoms with Crippen LogP contribution in [0.4, 0.5) is 5.95 Å². The lowest BCUT2D eigenvalue weighted by Crippen LogP contribution is -2.00. The highest BCUT2D eigenvalue weighted by Crippen LogP contribution is 2.31. The van der Waals surface area contributed by atoms with Gasteiger partial charge in [0, 0.05) is 48.1 Å². The van der Waals surface area contributed by atoms with Gasteiger partial charge in [0.25, 0.3) is 0 Å². The predicted octanol–water partition coefficient (Wildman–Crippen LogP) is 2.46. The predicted molar refractivity (Wildman–Crippen MR) is 84.3 cm³/mol. The molecule has 0 amide bonds. The van der Waals surface area contributed by atoms with E-state index in [9.17, 15) is 0 Å². The summed E-state index contributed by atoms with van der Waals surface area (Å²) in [6.45, 7) is 0. The molecule has 6 heteroatoms. The molecule has 0 saturated carbocycles. The van der Waals surface area contributed by atoms with Gasteiger partial charge >= 0.3 is 0 Å². The minimum absolute atomic E-state index is 0.249. The molecule has 0 aromatic carbocycles. The smallest absolute Gasteiger partial charge is 0.221 e. The number of rotatable bonds is 2. The van der Waals surface area contributed by atoms with Crippen LogP contribution in [-0.4, -0.2) is 24.5 Å². The molecule has 4 heterocycles. The molecule has 0 aliphatic rings. The van der Waals surface area contributed by atoms with Crippen LogP contribution in [0, 0.1) is 0 Å². The molecule has 22 heavy (non-hydrogen) atoms. The molecule has 4 aromatic rings. The monoisotopic (exact) mass is 288 g/mol. The van der Waals surface area contributed by atoms with Crippen LogP contribution in [0.5, 0.6) is 0 Å². The zero-order chi connectivity index (χ0) is 14.9. The third-order valence-electron chi connectivity index (χ3n) is 3.50. The van der Waals surface area contributed by atoms with E-state index in [1.54, 1.807) is 24.8 Å². The first kappa shape index (κ1) is 12.5. The Labute approximate surface area is 126 Å². The van der Waals surface area contributed by atoms with Gasteiger partial charge in [-0.05, 0) is 29.8 Å². The second-order valence-electron chi connectivity index (χ2n) is 4.81. The molecule has 0 unspecified atom stereocenters. The van der Waals surface area contributed by atoms with Gasteiger partial charge in [0.05, 0.1) is 5.52 Å². The first-order valence-electron chi connectivity index (χ1n) is 6.77. The van der Waals surface area contributed by atoms with E-state index in [4.69, 9.17) is 5.73 Å². The van der Waals surface area contributed by atoms with Crippen molar-refractivity contribution in [2.45, 2.75) is 0 Å². The number of nitrogens with two attached hydrogens (primary N) is 1. The summed E-state index contributed by atoms with van der Waals surface area (Å²) in [7, 11) is 0. The molecule has 4 rings (SSSR count). The molecule has 0 aliphatic heterocycles. The summed E-state index contributed by atoms with van der Waals surface area (Å²) >= 11 is 0. The average molecular weight is 288 g/mol. The van der Waals surface area contributed by atoms with E-state index in [-0.39, 0.29) is 5.95 Å². The highest BCUT2D eigenvalue weighted by molar-refractivity contribution is 5.96. The first-order valence-corrected chi connectivity index (χ1v) is 6.77. The van der Waals surface area contributed by atoms with Crippen molar-refractivity contribution < 1.29 is 0 Å². The fourth-order valence-electron chi connectivity index (χ4n) is 2.52. The maximum Gasteiger partial charge on any atom is 0.221 e. The molecular formula is C16H12N6. The molecule has 0 bridgehead atoms. The maximum atomic E-state index is 5.70. The number of pyridine rings is 2. The first-order chi connectivity index (χ1) is 10.8. The van der Waals surface area contributed by atoms with Crippen molar-refractivity contribution in [2.24, 2.45) is 0 Å². The Morgan fingerprint density at radius 3 is 2.55 bits per heavy atom. The fourth-order valence-corrected chi connectivity index (χ4v) is 2.52. The maximum absolute atomic E-state index is 5.70. The number of hydrogen-bond donors (Lipinski definition) is 1. The Kier molecular flexibility index (Phi) is 2.79. The number of nitrogens with zero attached hydrogens (tertiary/aromatic N) is 5. The molecule has 0 radical (unpaired) electrons. The topological polar surface area (TPSA) is 82.5 Å². The minimum atomic E-state index is 0.249. The summed E-state index contributed by atoms with van der Waals surface area (Å²) in [5.74, 6) is 0.975. The Hall–Kier alpha value is -3.28. The highest BCUT2D eigenvalue weighted by atomic mass is 15.1. The van der Waals surface area contributed by atoms with E-state index < -0.39 is 0 Å². The van der Waals surface area contributed by atoms with Crippen molar-refractivity contribution in [1.29, 1.82) is 0 Å². The molecular weight excluding hydrogens is 276 g/mol. The fraction of sp³-hybridized carbons (Fsp3) is 0. The standard InChI is InChI=1S/C16H12N6/c17-16-20-8-4-15(21-16)22-10-13(11-1-5-18-6-2-11)12-9-19-7-3-14(12)22/h1-10H,(H2,17,20,21). The quantitative estimate of drug-likeness (QED) is 0.612. The third kappa shape index (κ3) is 1.98. The number of fused-ring (bicyclic) bond motifs is 1. The van der Waals surface area contributed by atoms with Crippen LogP contribution in [0.3, 0.4) is 0 Å². The van der Waals surface area contributed by atoms with Gasteiger partial charge in [0.2, 0.25) is 5.95 Å². The summed E-state index contributed by atoms with van der Waals surface area (Å²) in [6.07, 6.45) is 10.8. The van der Waals surface area contributed by atoms with E-state index in [0.29, 0.717) is 0 Å². The van der Waals surface area contributed by atoms with Crippen LogP contribution in [-0.2, 0) is 0 Å². The largest absolute Gasteiger partial charge is 0.368 e. The summed E-state index contributed by atoms with van der Waals surface area (Å²) in [4.78, 5) is 16.5. The van der Waals surface area contributed by atoms with Gasteiger partial charge in [-0.2, -0.15) is 4.98 Å². The Balaban J connectivity index is 2.01. The van der Waals surface area contributed by atoms with Crippen LogP contribution in [0.2, 0.25) is 0 Å². The van der Waals surface area contributed by atoms with E-state index in [1.807, 2.05) is 41.2 Å². The van der Waals surface area contributed by atoms with Crippen molar-refractivity contribution >= 4 is 16.9 Å². The molecule has 0 saturated heterocycles. The van der Waals surface area contributed by atoms with E-state index >= 15 is 0 Å². The number of aromatic nitrogens is 5. The van der Waals surface area contributed by atoms with E-state index in [0.717, 1.165) is 27.8 Å². The lowest BCUT2D eigenvalue weighted by molar-refractivity contribution is 1.02. The van der Waals surface area contributed by atoms with Crippen LogP contribution >= 0.6 is 0 Å². The molecule has 106 valence electrons. The molecule has 6 nitrogen and oxygen atoms in total. The van der Waals surface area contributed by atoms with Crippen molar-refractivity contribution in [3.05, 3.63) is 61.4 Å². The minimum Gasteiger partial charge on any atom is -0.368 e. The second kappa shape index (κ2) is 4.92. The molecule has 4 aromatic heterocycles. The number of anilines is 1. The van der Waals surface area contributed by atoms with Gasteiger partial charge in [0.15, 0.2) is 0 Å². The van der Waals surface area contributed by atoms with Crippen molar-refractivity contribution in [2.75, 3.05) is 5.73 Å². The van der Waals surface area contributed by atoms with Gasteiger partial charge in [-0.15, -0.1) is 0 Å². The van der Waals surface area contributed by atoms with Crippen LogP contribution in [0.1, 0.15) is 0 Å². The summed E-state index contributed by atoms with van der Waals surface area (Å²) in [5.41, 5.74) is 8.87. The second-order valence-corrected chi connectivity index (χ2v) is 4.81. The van der Waals surface area contributed by atoms with Crippen molar-refractivity contribution in [3.8, 4) is 16.9 Å². The Morgan fingerprint density at radius 1 is 0.909 bits per heavy atom. The van der Waals surface area contributed by atoms with Crippen LogP contribution < -0.4 is 5.73 Å². The van der Waals surface area contributed by atoms with E-state index in [2.05, 4.69) is 19.9 Å².